The lowest BCUT2D eigenvalue weighted by atomic mass is 10.0. The summed E-state index contributed by atoms with van der Waals surface area (Å²) in [7, 11) is 0. The predicted molar refractivity (Wildman–Crippen MR) is 103 cm³/mol. The minimum absolute atomic E-state index is 0.0370. The first-order valence-corrected chi connectivity index (χ1v) is 9.33. The highest BCUT2D eigenvalue weighted by Crippen LogP contribution is 2.33. The SMILES string of the molecule is N#C/C(=C/c1ccc(OCc2cscn2)cc1)C(=O)c1ccc2c(c1)OCO2. The molecule has 4 rings (SSSR count). The van der Waals surface area contributed by atoms with Gasteiger partial charge in [-0.1, -0.05) is 12.1 Å². The van der Waals surface area contributed by atoms with Crippen molar-refractivity contribution in [3.63, 3.8) is 0 Å². The topological polar surface area (TPSA) is 81.4 Å². The predicted octanol–water partition coefficient (Wildman–Crippen LogP) is 4.24. The Morgan fingerprint density at radius 1 is 1.21 bits per heavy atom. The number of allylic oxidation sites excluding steroid dienone is 1. The Balaban J connectivity index is 1.48. The third-order valence-electron chi connectivity index (χ3n) is 4.06. The largest absolute Gasteiger partial charge is 0.487 e. The molecule has 1 aliphatic heterocycles. The molecule has 1 aliphatic rings. The number of carbonyl (C=O) groups excluding carboxylic acids is 1. The summed E-state index contributed by atoms with van der Waals surface area (Å²) in [5.41, 5.74) is 3.77. The van der Waals surface area contributed by atoms with Crippen LogP contribution in [0, 0.1) is 11.3 Å². The van der Waals surface area contributed by atoms with Gasteiger partial charge in [-0.05, 0) is 42.0 Å². The molecule has 28 heavy (non-hydrogen) atoms. The molecule has 0 unspecified atom stereocenters. The van der Waals surface area contributed by atoms with Crippen LogP contribution in [0.1, 0.15) is 21.6 Å². The minimum Gasteiger partial charge on any atom is -0.487 e. The summed E-state index contributed by atoms with van der Waals surface area (Å²) >= 11 is 1.52. The zero-order chi connectivity index (χ0) is 19.3. The normalized spacial score (nSPS) is 12.5. The van der Waals surface area contributed by atoms with E-state index in [2.05, 4.69) is 4.98 Å². The fourth-order valence-corrected chi connectivity index (χ4v) is 3.18. The molecule has 0 spiro atoms. The second-order valence-corrected chi connectivity index (χ2v) is 6.62. The van der Waals surface area contributed by atoms with Crippen LogP contribution in [-0.4, -0.2) is 17.6 Å². The van der Waals surface area contributed by atoms with Gasteiger partial charge in [0.2, 0.25) is 12.6 Å². The summed E-state index contributed by atoms with van der Waals surface area (Å²) in [4.78, 5) is 16.8. The van der Waals surface area contributed by atoms with Crippen molar-refractivity contribution in [1.82, 2.24) is 4.98 Å². The summed E-state index contributed by atoms with van der Waals surface area (Å²) in [5.74, 6) is 1.41. The molecule has 1 aromatic heterocycles. The van der Waals surface area contributed by atoms with E-state index in [1.54, 1.807) is 54.1 Å². The fraction of sp³-hybridized carbons (Fsp3) is 0.0952. The molecule has 0 saturated carbocycles. The molecule has 6 nitrogen and oxygen atoms in total. The Labute approximate surface area is 165 Å². The number of ether oxygens (including phenoxy) is 3. The van der Waals surface area contributed by atoms with Crippen LogP contribution in [0.4, 0.5) is 0 Å². The van der Waals surface area contributed by atoms with Crippen molar-refractivity contribution in [3.8, 4) is 23.3 Å². The number of hydrogen-bond acceptors (Lipinski definition) is 7. The standard InChI is InChI=1S/C21H14N2O4S/c22-9-16(21(24)15-3-6-19-20(8-15)27-13-26-19)7-14-1-4-18(5-2-14)25-10-17-11-28-12-23-17/h1-8,11-12H,10,13H2/b16-7-. The Morgan fingerprint density at radius 2 is 2.04 bits per heavy atom. The number of aromatic nitrogens is 1. The lowest BCUT2D eigenvalue weighted by Crippen LogP contribution is -2.02. The number of hydrogen-bond donors (Lipinski definition) is 0. The molecule has 0 radical (unpaired) electrons. The van der Waals surface area contributed by atoms with Gasteiger partial charge in [0.05, 0.1) is 11.2 Å². The van der Waals surface area contributed by atoms with E-state index < -0.39 is 0 Å². The van der Waals surface area contributed by atoms with E-state index in [1.807, 2.05) is 11.4 Å². The van der Waals surface area contributed by atoms with Crippen molar-refractivity contribution in [1.29, 1.82) is 5.26 Å². The van der Waals surface area contributed by atoms with E-state index >= 15 is 0 Å². The number of nitriles is 1. The summed E-state index contributed by atoms with van der Waals surface area (Å²) < 4.78 is 16.2. The Kier molecular flexibility index (Phi) is 5.04. The van der Waals surface area contributed by atoms with Crippen LogP contribution >= 0.6 is 11.3 Å². The maximum atomic E-state index is 12.7. The summed E-state index contributed by atoms with van der Waals surface area (Å²) in [6, 6.07) is 14.0. The van der Waals surface area contributed by atoms with Gasteiger partial charge in [0.25, 0.3) is 0 Å². The quantitative estimate of drug-likeness (QED) is 0.356. The first kappa shape index (κ1) is 17.8. The Morgan fingerprint density at radius 3 is 2.79 bits per heavy atom. The number of Topliss-reactive ketones (excluding diaryl/α,β-unsaturated/α-hetero) is 1. The van der Waals surface area contributed by atoms with E-state index in [0.717, 1.165) is 11.3 Å². The van der Waals surface area contributed by atoms with E-state index in [1.165, 1.54) is 11.3 Å². The van der Waals surface area contributed by atoms with Gasteiger partial charge < -0.3 is 14.2 Å². The van der Waals surface area contributed by atoms with Crippen molar-refractivity contribution < 1.29 is 19.0 Å². The van der Waals surface area contributed by atoms with Crippen LogP contribution in [0.2, 0.25) is 0 Å². The van der Waals surface area contributed by atoms with Gasteiger partial charge in [0.15, 0.2) is 11.5 Å². The summed E-state index contributed by atoms with van der Waals surface area (Å²) in [6.45, 7) is 0.523. The van der Waals surface area contributed by atoms with Gasteiger partial charge in [-0.3, -0.25) is 4.79 Å². The highest BCUT2D eigenvalue weighted by Gasteiger charge is 2.18. The van der Waals surface area contributed by atoms with Crippen LogP contribution in [-0.2, 0) is 6.61 Å². The molecule has 0 bridgehead atoms. The Hall–Kier alpha value is -3.63. The van der Waals surface area contributed by atoms with E-state index in [4.69, 9.17) is 14.2 Å². The number of thiazole rings is 1. The van der Waals surface area contributed by atoms with Crippen molar-refractivity contribution in [2.24, 2.45) is 0 Å². The van der Waals surface area contributed by atoms with Crippen LogP contribution < -0.4 is 14.2 Å². The smallest absolute Gasteiger partial charge is 0.231 e. The summed E-state index contributed by atoms with van der Waals surface area (Å²) in [5, 5.41) is 11.4. The van der Waals surface area contributed by atoms with Gasteiger partial charge in [0, 0.05) is 10.9 Å². The third-order valence-corrected chi connectivity index (χ3v) is 4.70. The van der Waals surface area contributed by atoms with E-state index in [-0.39, 0.29) is 18.1 Å². The number of fused-ring (bicyclic) bond motifs is 1. The minimum atomic E-state index is -0.371. The zero-order valence-electron chi connectivity index (χ0n) is 14.6. The molecule has 0 N–H and O–H groups in total. The number of benzene rings is 2. The molecule has 0 fully saturated rings. The molecule has 138 valence electrons. The Bertz CT molecular complexity index is 1070. The molecule has 3 aromatic rings. The molecule has 0 atom stereocenters. The highest BCUT2D eigenvalue weighted by molar-refractivity contribution is 7.07. The summed E-state index contributed by atoms with van der Waals surface area (Å²) in [6.07, 6.45) is 1.55. The van der Waals surface area contributed by atoms with Crippen molar-refractivity contribution in [2.75, 3.05) is 6.79 Å². The number of carbonyl (C=O) groups is 1. The van der Waals surface area contributed by atoms with Crippen LogP contribution in [0.5, 0.6) is 17.2 Å². The van der Waals surface area contributed by atoms with Crippen molar-refractivity contribution >= 4 is 23.2 Å². The van der Waals surface area contributed by atoms with Gasteiger partial charge in [-0.15, -0.1) is 11.3 Å². The monoisotopic (exact) mass is 390 g/mol. The van der Waals surface area contributed by atoms with E-state index in [0.29, 0.717) is 29.4 Å². The molecule has 7 heteroatoms. The third kappa shape index (κ3) is 3.87. The zero-order valence-corrected chi connectivity index (χ0v) is 15.4. The lowest BCUT2D eigenvalue weighted by Gasteiger charge is -2.05. The van der Waals surface area contributed by atoms with Crippen LogP contribution in [0.3, 0.4) is 0 Å². The molecule has 0 saturated heterocycles. The number of nitrogens with zero attached hydrogens (tertiary/aromatic N) is 2. The average Bonchev–Trinajstić information content (AvgIpc) is 3.42. The van der Waals surface area contributed by atoms with E-state index in [9.17, 15) is 10.1 Å². The first-order valence-electron chi connectivity index (χ1n) is 8.39. The molecule has 2 heterocycles. The average molecular weight is 390 g/mol. The van der Waals surface area contributed by atoms with Gasteiger partial charge in [-0.25, -0.2) is 4.98 Å². The molecule has 0 amide bonds. The molecule has 2 aromatic carbocycles. The fourth-order valence-electron chi connectivity index (χ4n) is 2.63. The van der Waals surface area contributed by atoms with Crippen molar-refractivity contribution in [2.45, 2.75) is 6.61 Å². The van der Waals surface area contributed by atoms with Gasteiger partial charge >= 0.3 is 0 Å². The number of rotatable bonds is 6. The second kappa shape index (κ2) is 7.94. The van der Waals surface area contributed by atoms with Gasteiger partial charge in [0.1, 0.15) is 24.0 Å². The lowest BCUT2D eigenvalue weighted by molar-refractivity contribution is 0.103. The first-order chi connectivity index (χ1) is 13.7. The number of ketones is 1. The van der Waals surface area contributed by atoms with Gasteiger partial charge in [-0.2, -0.15) is 5.26 Å². The maximum absolute atomic E-state index is 12.7. The second-order valence-electron chi connectivity index (χ2n) is 5.90. The molecular formula is C21H14N2O4S. The van der Waals surface area contributed by atoms with Crippen molar-refractivity contribution in [3.05, 3.63) is 75.7 Å². The molecule has 0 aliphatic carbocycles. The molecular weight excluding hydrogens is 376 g/mol. The van der Waals surface area contributed by atoms with Crippen LogP contribution in [0.25, 0.3) is 6.08 Å². The van der Waals surface area contributed by atoms with Crippen LogP contribution in [0.15, 0.2) is 58.9 Å². The maximum Gasteiger partial charge on any atom is 0.231 e. The highest BCUT2D eigenvalue weighted by atomic mass is 32.1.